The normalized spacial score (nSPS) is 16.1. The van der Waals surface area contributed by atoms with E-state index < -0.39 is 17.4 Å². The van der Waals surface area contributed by atoms with Crippen molar-refractivity contribution in [3.05, 3.63) is 85.8 Å². The minimum Gasteiger partial charge on any atom is -0.439 e. The summed E-state index contributed by atoms with van der Waals surface area (Å²) < 4.78 is 26.1. The van der Waals surface area contributed by atoms with Crippen LogP contribution in [0.3, 0.4) is 0 Å². The molecule has 0 amide bonds. The summed E-state index contributed by atoms with van der Waals surface area (Å²) in [6, 6.07) is 13.1. The Morgan fingerprint density at radius 1 is 1.23 bits per heavy atom. The van der Waals surface area contributed by atoms with E-state index >= 15 is 0 Å². The first-order valence-corrected chi connectivity index (χ1v) is 8.39. The quantitative estimate of drug-likeness (QED) is 0.611. The number of hydrogen-bond donors (Lipinski definition) is 1. The smallest absolute Gasteiger partial charge is 0.344 e. The van der Waals surface area contributed by atoms with E-state index in [1.807, 2.05) is 6.07 Å². The molecule has 3 aromatic rings. The van der Waals surface area contributed by atoms with Gasteiger partial charge in [-0.25, -0.2) is 9.18 Å². The van der Waals surface area contributed by atoms with E-state index in [1.165, 1.54) is 12.1 Å². The molecule has 2 N–H and O–H groups in total. The highest BCUT2D eigenvalue weighted by molar-refractivity contribution is 9.10. The molecule has 0 saturated carbocycles. The van der Waals surface area contributed by atoms with E-state index in [-0.39, 0.29) is 28.3 Å². The van der Waals surface area contributed by atoms with E-state index in [9.17, 15) is 14.4 Å². The Morgan fingerprint density at radius 2 is 2.00 bits per heavy atom. The first-order chi connectivity index (χ1) is 12.5. The Balaban J connectivity index is 2.10. The maximum absolute atomic E-state index is 14.6. The van der Waals surface area contributed by atoms with Gasteiger partial charge in [-0.2, -0.15) is 5.26 Å². The molecule has 128 valence electrons. The van der Waals surface area contributed by atoms with Crippen LogP contribution in [0.1, 0.15) is 17.0 Å². The number of halogens is 2. The number of para-hydroxylation sites is 1. The van der Waals surface area contributed by atoms with Crippen molar-refractivity contribution in [1.82, 2.24) is 0 Å². The number of allylic oxidation sites excluding steroid dienone is 1. The fourth-order valence-electron chi connectivity index (χ4n) is 3.11. The van der Waals surface area contributed by atoms with Gasteiger partial charge in [-0.05, 0) is 24.3 Å². The molecular weight excluding hydrogens is 403 g/mol. The lowest BCUT2D eigenvalue weighted by atomic mass is 9.83. The Labute approximate surface area is 155 Å². The SMILES string of the molecule is N#CC1=C(N)Oc2c(c(=O)oc3ccccc23)[C@H]1c1ccc(Br)cc1F. The van der Waals surface area contributed by atoms with Crippen LogP contribution in [0.2, 0.25) is 0 Å². The second kappa shape index (κ2) is 6.00. The monoisotopic (exact) mass is 412 g/mol. The molecule has 2 heterocycles. The molecule has 26 heavy (non-hydrogen) atoms. The van der Waals surface area contributed by atoms with Gasteiger partial charge in [0.05, 0.1) is 16.9 Å². The number of nitrogens with zero attached hydrogens (tertiary/aromatic N) is 1. The lowest BCUT2D eigenvalue weighted by Crippen LogP contribution is -2.26. The molecule has 1 aromatic heterocycles. The Hall–Kier alpha value is -3.11. The molecule has 2 aromatic carbocycles. The number of rotatable bonds is 1. The average Bonchev–Trinajstić information content (AvgIpc) is 2.61. The maximum atomic E-state index is 14.6. The molecule has 0 saturated heterocycles. The highest BCUT2D eigenvalue weighted by Gasteiger charge is 2.36. The Kier molecular flexibility index (Phi) is 3.78. The third-order valence-electron chi connectivity index (χ3n) is 4.25. The van der Waals surface area contributed by atoms with Crippen LogP contribution in [0.15, 0.2) is 67.6 Å². The molecular formula is C19H10BrFN2O3. The predicted molar refractivity (Wildman–Crippen MR) is 95.9 cm³/mol. The van der Waals surface area contributed by atoms with Crippen LogP contribution in [0.5, 0.6) is 5.75 Å². The van der Waals surface area contributed by atoms with Crippen LogP contribution >= 0.6 is 15.9 Å². The summed E-state index contributed by atoms with van der Waals surface area (Å²) in [5.41, 5.74) is 5.69. The van der Waals surface area contributed by atoms with Crippen LogP contribution < -0.4 is 16.1 Å². The van der Waals surface area contributed by atoms with Gasteiger partial charge in [-0.15, -0.1) is 0 Å². The van der Waals surface area contributed by atoms with E-state index in [0.717, 1.165) is 0 Å². The summed E-state index contributed by atoms with van der Waals surface area (Å²) in [4.78, 5) is 12.7. The molecule has 1 aliphatic rings. The van der Waals surface area contributed by atoms with Crippen LogP contribution in [-0.4, -0.2) is 0 Å². The number of benzene rings is 2. The van der Waals surface area contributed by atoms with Crippen LogP contribution in [0, 0.1) is 17.1 Å². The molecule has 0 unspecified atom stereocenters. The zero-order chi connectivity index (χ0) is 18.4. The van der Waals surface area contributed by atoms with Gasteiger partial charge < -0.3 is 14.9 Å². The lowest BCUT2D eigenvalue weighted by Gasteiger charge is -2.26. The van der Waals surface area contributed by atoms with E-state index in [2.05, 4.69) is 15.9 Å². The largest absolute Gasteiger partial charge is 0.439 e. The molecule has 1 atom stereocenters. The topological polar surface area (TPSA) is 89.3 Å². The van der Waals surface area contributed by atoms with Crippen molar-refractivity contribution in [2.24, 2.45) is 5.73 Å². The molecule has 0 radical (unpaired) electrons. The third-order valence-corrected chi connectivity index (χ3v) is 4.74. The predicted octanol–water partition coefficient (Wildman–Crippen LogP) is 3.91. The first-order valence-electron chi connectivity index (χ1n) is 7.59. The average molecular weight is 413 g/mol. The molecule has 0 bridgehead atoms. The van der Waals surface area contributed by atoms with Crippen molar-refractivity contribution < 1.29 is 13.5 Å². The standard InChI is InChI=1S/C19H10BrFN2O3/c20-9-5-6-10(13(21)7-9)15-12(8-22)18(23)26-17-11-3-1-2-4-14(11)25-19(24)16(15)17/h1-7,15H,23H2/t15-/m0/s1. The number of hydrogen-bond acceptors (Lipinski definition) is 5. The summed E-state index contributed by atoms with van der Waals surface area (Å²) in [5, 5.41) is 10.1. The second-order valence-electron chi connectivity index (χ2n) is 5.72. The van der Waals surface area contributed by atoms with Gasteiger partial charge >= 0.3 is 5.63 Å². The van der Waals surface area contributed by atoms with Gasteiger partial charge in [0.15, 0.2) is 5.75 Å². The maximum Gasteiger partial charge on any atom is 0.344 e. The van der Waals surface area contributed by atoms with Crippen molar-refractivity contribution in [2.45, 2.75) is 5.92 Å². The molecule has 7 heteroatoms. The molecule has 0 spiro atoms. The summed E-state index contributed by atoms with van der Waals surface area (Å²) in [6.45, 7) is 0. The highest BCUT2D eigenvalue weighted by Crippen LogP contribution is 2.44. The van der Waals surface area contributed by atoms with Gasteiger partial charge in [0.2, 0.25) is 5.88 Å². The molecule has 0 fully saturated rings. The van der Waals surface area contributed by atoms with Crippen molar-refractivity contribution in [2.75, 3.05) is 0 Å². The second-order valence-corrected chi connectivity index (χ2v) is 6.63. The Bertz CT molecular complexity index is 1190. The van der Waals surface area contributed by atoms with E-state index in [1.54, 1.807) is 30.3 Å². The van der Waals surface area contributed by atoms with Crippen molar-refractivity contribution in [1.29, 1.82) is 5.26 Å². The van der Waals surface area contributed by atoms with E-state index in [4.69, 9.17) is 14.9 Å². The van der Waals surface area contributed by atoms with Crippen molar-refractivity contribution in [3.63, 3.8) is 0 Å². The number of nitrogens with two attached hydrogens (primary N) is 1. The fraction of sp³-hybridized carbons (Fsp3) is 0.0526. The number of nitriles is 1. The Morgan fingerprint density at radius 3 is 2.73 bits per heavy atom. The van der Waals surface area contributed by atoms with Gasteiger partial charge in [0, 0.05) is 10.0 Å². The summed E-state index contributed by atoms with van der Waals surface area (Å²) in [5.74, 6) is -1.58. The fourth-order valence-corrected chi connectivity index (χ4v) is 3.45. The first kappa shape index (κ1) is 16.4. The van der Waals surface area contributed by atoms with Gasteiger partial charge in [0.1, 0.15) is 23.0 Å². The van der Waals surface area contributed by atoms with Crippen molar-refractivity contribution in [3.8, 4) is 11.8 Å². The van der Waals surface area contributed by atoms with Gasteiger partial charge in [-0.3, -0.25) is 0 Å². The molecule has 5 nitrogen and oxygen atoms in total. The zero-order valence-corrected chi connectivity index (χ0v) is 14.7. The minimum absolute atomic E-state index is 0.0405. The molecule has 1 aliphatic heterocycles. The third kappa shape index (κ3) is 2.38. The van der Waals surface area contributed by atoms with E-state index in [0.29, 0.717) is 15.4 Å². The number of fused-ring (bicyclic) bond motifs is 3. The van der Waals surface area contributed by atoms with Gasteiger partial charge in [-0.1, -0.05) is 34.1 Å². The minimum atomic E-state index is -1.02. The number of ether oxygens (including phenoxy) is 1. The van der Waals surface area contributed by atoms with Crippen LogP contribution in [-0.2, 0) is 0 Å². The molecule has 0 aliphatic carbocycles. The summed E-state index contributed by atoms with van der Waals surface area (Å²) in [7, 11) is 0. The van der Waals surface area contributed by atoms with Gasteiger partial charge in [0.25, 0.3) is 0 Å². The van der Waals surface area contributed by atoms with Crippen molar-refractivity contribution >= 4 is 26.9 Å². The van der Waals surface area contributed by atoms with Crippen LogP contribution in [0.25, 0.3) is 11.0 Å². The molecule has 4 rings (SSSR count). The lowest BCUT2D eigenvalue weighted by molar-refractivity contribution is 0.387. The summed E-state index contributed by atoms with van der Waals surface area (Å²) >= 11 is 3.20. The highest BCUT2D eigenvalue weighted by atomic mass is 79.9. The zero-order valence-electron chi connectivity index (χ0n) is 13.1. The summed E-state index contributed by atoms with van der Waals surface area (Å²) in [6.07, 6.45) is 0. The van der Waals surface area contributed by atoms with Crippen LogP contribution in [0.4, 0.5) is 4.39 Å².